The lowest BCUT2D eigenvalue weighted by atomic mass is 10.0. The Balaban J connectivity index is 1.90. The summed E-state index contributed by atoms with van der Waals surface area (Å²) < 4.78 is 23.7. The van der Waals surface area contributed by atoms with Crippen molar-refractivity contribution >= 4 is 27.5 Å². The highest BCUT2D eigenvalue weighted by Crippen LogP contribution is 2.36. The van der Waals surface area contributed by atoms with Crippen LogP contribution in [0.25, 0.3) is 0 Å². The van der Waals surface area contributed by atoms with Gasteiger partial charge in [0, 0.05) is 16.9 Å². The van der Waals surface area contributed by atoms with Crippen molar-refractivity contribution in [1.82, 2.24) is 5.32 Å². The Morgan fingerprint density at radius 2 is 1.83 bits per heavy atom. The van der Waals surface area contributed by atoms with Crippen molar-refractivity contribution in [2.75, 3.05) is 12.0 Å². The quantitative estimate of drug-likeness (QED) is 0.927. The standard InChI is InChI=1S/C17H17NO3S2/c1-23(20,21)16-9-5-3-7-13(16)17(19)18-14-10-11-22-15-8-4-2-6-12(14)15/h2-9,14H,10-11H2,1H3,(H,18,19)/t14-/m1/s1. The Morgan fingerprint density at radius 1 is 1.13 bits per heavy atom. The lowest BCUT2D eigenvalue weighted by Gasteiger charge is -2.26. The molecule has 0 fully saturated rings. The minimum Gasteiger partial charge on any atom is -0.345 e. The largest absolute Gasteiger partial charge is 0.345 e. The fraction of sp³-hybridized carbons (Fsp3) is 0.235. The molecule has 0 radical (unpaired) electrons. The second kappa shape index (κ2) is 6.37. The first-order valence-electron chi connectivity index (χ1n) is 7.28. The van der Waals surface area contributed by atoms with Gasteiger partial charge in [-0.15, -0.1) is 11.8 Å². The fourth-order valence-corrected chi connectivity index (χ4v) is 4.72. The van der Waals surface area contributed by atoms with E-state index in [-0.39, 0.29) is 22.4 Å². The highest BCUT2D eigenvalue weighted by molar-refractivity contribution is 7.99. The number of nitrogens with one attached hydrogen (secondary N) is 1. The molecule has 1 N–H and O–H groups in total. The van der Waals surface area contributed by atoms with Gasteiger partial charge in [0.15, 0.2) is 9.84 Å². The zero-order valence-electron chi connectivity index (χ0n) is 12.7. The second-order valence-corrected chi connectivity index (χ2v) is 8.59. The maximum atomic E-state index is 12.6. The predicted molar refractivity (Wildman–Crippen MR) is 91.5 cm³/mol. The number of sulfone groups is 1. The number of fused-ring (bicyclic) bond motifs is 1. The Bertz CT molecular complexity index is 846. The molecule has 1 amide bonds. The van der Waals surface area contributed by atoms with Crippen LogP contribution in [-0.4, -0.2) is 26.3 Å². The summed E-state index contributed by atoms with van der Waals surface area (Å²) in [5.41, 5.74) is 1.29. The fourth-order valence-electron chi connectivity index (χ4n) is 2.71. The SMILES string of the molecule is CS(=O)(=O)c1ccccc1C(=O)N[C@@H]1CCSc2ccccc21. The number of amides is 1. The van der Waals surface area contributed by atoms with Crippen molar-refractivity contribution in [1.29, 1.82) is 0 Å². The molecule has 0 aromatic heterocycles. The summed E-state index contributed by atoms with van der Waals surface area (Å²) in [7, 11) is -3.44. The van der Waals surface area contributed by atoms with Crippen LogP contribution in [0, 0.1) is 0 Å². The summed E-state index contributed by atoms with van der Waals surface area (Å²) in [6, 6.07) is 14.2. The Labute approximate surface area is 140 Å². The molecule has 1 aliphatic rings. The van der Waals surface area contributed by atoms with E-state index in [9.17, 15) is 13.2 Å². The molecule has 3 rings (SSSR count). The summed E-state index contributed by atoms with van der Waals surface area (Å²) in [4.78, 5) is 13.8. The van der Waals surface area contributed by atoms with Gasteiger partial charge in [-0.05, 0) is 30.2 Å². The first kappa shape index (κ1) is 16.1. The normalized spacial score (nSPS) is 17.3. The van der Waals surface area contributed by atoms with Gasteiger partial charge in [0.05, 0.1) is 16.5 Å². The third-order valence-electron chi connectivity index (χ3n) is 3.80. The Morgan fingerprint density at radius 3 is 2.61 bits per heavy atom. The third kappa shape index (κ3) is 3.43. The van der Waals surface area contributed by atoms with E-state index < -0.39 is 9.84 Å². The van der Waals surface area contributed by atoms with Gasteiger partial charge in [0.25, 0.3) is 5.91 Å². The molecular weight excluding hydrogens is 330 g/mol. The topological polar surface area (TPSA) is 63.2 Å². The second-order valence-electron chi connectivity index (χ2n) is 5.47. The van der Waals surface area contributed by atoms with Crippen LogP contribution in [-0.2, 0) is 9.84 Å². The summed E-state index contributed by atoms with van der Waals surface area (Å²) in [6.07, 6.45) is 1.94. The number of benzene rings is 2. The van der Waals surface area contributed by atoms with Crippen molar-refractivity contribution in [3.63, 3.8) is 0 Å². The molecule has 6 heteroatoms. The average molecular weight is 347 g/mol. The Hall–Kier alpha value is -1.79. The van der Waals surface area contributed by atoms with Crippen LogP contribution in [0.3, 0.4) is 0 Å². The smallest absolute Gasteiger partial charge is 0.253 e. The van der Waals surface area contributed by atoms with E-state index in [0.29, 0.717) is 0 Å². The maximum absolute atomic E-state index is 12.6. The number of carbonyl (C=O) groups excluding carboxylic acids is 1. The predicted octanol–water partition coefficient (Wildman–Crippen LogP) is 3.06. The Kier molecular flexibility index (Phi) is 4.46. The third-order valence-corrected chi connectivity index (χ3v) is 6.07. The molecule has 0 saturated carbocycles. The summed E-state index contributed by atoms with van der Waals surface area (Å²) in [5.74, 6) is 0.577. The van der Waals surface area contributed by atoms with Crippen LogP contribution in [0.2, 0.25) is 0 Å². The van der Waals surface area contributed by atoms with E-state index in [1.54, 1.807) is 30.0 Å². The van der Waals surface area contributed by atoms with Crippen LogP contribution >= 0.6 is 11.8 Å². The van der Waals surface area contributed by atoms with Crippen LogP contribution in [0.4, 0.5) is 0 Å². The minimum absolute atomic E-state index is 0.0657. The zero-order valence-corrected chi connectivity index (χ0v) is 14.3. The molecule has 1 heterocycles. The van der Waals surface area contributed by atoms with E-state index in [0.717, 1.165) is 24.0 Å². The van der Waals surface area contributed by atoms with Crippen LogP contribution in [0.15, 0.2) is 58.3 Å². The van der Waals surface area contributed by atoms with Crippen molar-refractivity contribution in [2.45, 2.75) is 22.3 Å². The van der Waals surface area contributed by atoms with E-state index in [1.165, 1.54) is 11.0 Å². The molecule has 23 heavy (non-hydrogen) atoms. The number of thioether (sulfide) groups is 1. The molecule has 120 valence electrons. The van der Waals surface area contributed by atoms with Gasteiger partial charge in [0.2, 0.25) is 0 Å². The number of rotatable bonds is 3. The van der Waals surface area contributed by atoms with Crippen LogP contribution in [0.5, 0.6) is 0 Å². The molecule has 0 bridgehead atoms. The molecule has 4 nitrogen and oxygen atoms in total. The van der Waals surface area contributed by atoms with Crippen molar-refractivity contribution in [2.24, 2.45) is 0 Å². The van der Waals surface area contributed by atoms with Gasteiger partial charge in [-0.1, -0.05) is 30.3 Å². The number of hydrogen-bond acceptors (Lipinski definition) is 4. The van der Waals surface area contributed by atoms with Gasteiger partial charge in [-0.25, -0.2) is 8.42 Å². The molecule has 2 aromatic carbocycles. The molecule has 1 atom stereocenters. The zero-order chi connectivity index (χ0) is 16.4. The van der Waals surface area contributed by atoms with Crippen molar-refractivity contribution in [3.05, 3.63) is 59.7 Å². The van der Waals surface area contributed by atoms with E-state index in [2.05, 4.69) is 5.32 Å². The molecule has 2 aromatic rings. The average Bonchev–Trinajstić information content (AvgIpc) is 2.54. The number of hydrogen-bond donors (Lipinski definition) is 1. The molecular formula is C17H17NO3S2. The maximum Gasteiger partial charge on any atom is 0.253 e. The molecule has 0 saturated heterocycles. The van der Waals surface area contributed by atoms with E-state index in [4.69, 9.17) is 0 Å². The molecule has 0 aliphatic carbocycles. The summed E-state index contributed by atoms with van der Waals surface area (Å²) >= 11 is 1.78. The first-order chi connectivity index (χ1) is 11.0. The van der Waals surface area contributed by atoms with Gasteiger partial charge in [-0.3, -0.25) is 4.79 Å². The van der Waals surface area contributed by atoms with E-state index in [1.807, 2.05) is 24.3 Å². The van der Waals surface area contributed by atoms with Crippen LogP contribution in [0.1, 0.15) is 28.4 Å². The van der Waals surface area contributed by atoms with E-state index >= 15 is 0 Å². The summed E-state index contributed by atoms with van der Waals surface area (Å²) in [6.45, 7) is 0. The van der Waals surface area contributed by atoms with Gasteiger partial charge >= 0.3 is 0 Å². The highest BCUT2D eigenvalue weighted by Gasteiger charge is 2.24. The van der Waals surface area contributed by atoms with Gasteiger partial charge in [0.1, 0.15) is 0 Å². The molecule has 0 spiro atoms. The number of carbonyl (C=O) groups is 1. The van der Waals surface area contributed by atoms with Crippen LogP contribution < -0.4 is 5.32 Å². The molecule has 1 aliphatic heterocycles. The highest BCUT2D eigenvalue weighted by atomic mass is 32.2. The monoisotopic (exact) mass is 347 g/mol. The summed E-state index contributed by atoms with van der Waals surface area (Å²) in [5, 5.41) is 2.99. The lowest BCUT2D eigenvalue weighted by Crippen LogP contribution is -2.31. The van der Waals surface area contributed by atoms with Crippen molar-refractivity contribution < 1.29 is 13.2 Å². The lowest BCUT2D eigenvalue weighted by molar-refractivity contribution is 0.0931. The van der Waals surface area contributed by atoms with Gasteiger partial charge in [-0.2, -0.15) is 0 Å². The van der Waals surface area contributed by atoms with Gasteiger partial charge < -0.3 is 5.32 Å². The first-order valence-corrected chi connectivity index (χ1v) is 10.2. The molecule has 0 unspecified atom stereocenters. The van der Waals surface area contributed by atoms with Crippen molar-refractivity contribution in [3.8, 4) is 0 Å². The minimum atomic E-state index is -3.44.